The van der Waals surface area contributed by atoms with Gasteiger partial charge >= 0.3 is 0 Å². The number of benzene rings is 2. The molecule has 1 fully saturated rings. The number of carbonyl (C=O) groups excluding carboxylic acids is 1. The van der Waals surface area contributed by atoms with E-state index in [0.29, 0.717) is 12.2 Å². The van der Waals surface area contributed by atoms with Crippen LogP contribution in [0.3, 0.4) is 0 Å². The second-order valence-corrected chi connectivity index (χ2v) is 5.76. The molecule has 130 valence electrons. The van der Waals surface area contributed by atoms with Gasteiger partial charge in [0.2, 0.25) is 5.91 Å². The minimum Gasteiger partial charge on any atom is -0.391 e. The van der Waals surface area contributed by atoms with E-state index in [0.717, 1.165) is 37.4 Å². The van der Waals surface area contributed by atoms with E-state index in [1.54, 1.807) is 30.5 Å². The number of oxime groups is 1. The second-order valence-electron chi connectivity index (χ2n) is 5.76. The van der Waals surface area contributed by atoms with Crippen LogP contribution in [0.15, 0.2) is 53.7 Å². The predicted octanol–water partition coefficient (Wildman–Crippen LogP) is 2.17. The van der Waals surface area contributed by atoms with E-state index in [4.69, 9.17) is 15.3 Å². The number of ether oxygens (including phenoxy) is 1. The minimum absolute atomic E-state index is 0.335. The zero-order valence-electron chi connectivity index (χ0n) is 13.9. The molecule has 0 spiro atoms. The summed E-state index contributed by atoms with van der Waals surface area (Å²) >= 11 is 0. The van der Waals surface area contributed by atoms with Gasteiger partial charge in [-0.3, -0.25) is 4.79 Å². The molecule has 1 aliphatic heterocycles. The van der Waals surface area contributed by atoms with Gasteiger partial charge in [-0.05, 0) is 35.4 Å². The molecule has 1 saturated heterocycles. The lowest BCUT2D eigenvalue weighted by molar-refractivity contribution is 0.1000. The first kappa shape index (κ1) is 17.0. The Balaban J connectivity index is 1.49. The number of primary amides is 1. The highest BCUT2D eigenvalue weighted by Gasteiger charge is 2.10. The molecule has 0 aliphatic carbocycles. The fraction of sp³-hybridized carbons (Fsp3) is 0.263. The van der Waals surface area contributed by atoms with E-state index >= 15 is 0 Å². The van der Waals surface area contributed by atoms with Crippen molar-refractivity contribution in [3.8, 4) is 0 Å². The van der Waals surface area contributed by atoms with Crippen molar-refractivity contribution in [2.45, 2.75) is 6.61 Å². The molecule has 0 atom stereocenters. The van der Waals surface area contributed by atoms with Gasteiger partial charge in [-0.1, -0.05) is 29.4 Å². The smallest absolute Gasteiger partial charge is 0.248 e. The lowest BCUT2D eigenvalue weighted by atomic mass is 10.1. The van der Waals surface area contributed by atoms with Crippen LogP contribution in [0.25, 0.3) is 0 Å². The van der Waals surface area contributed by atoms with E-state index in [1.165, 1.54) is 5.69 Å². The number of nitrogens with zero attached hydrogens (tertiary/aromatic N) is 2. The summed E-state index contributed by atoms with van der Waals surface area (Å²) in [6, 6.07) is 15.1. The predicted molar refractivity (Wildman–Crippen MR) is 96.8 cm³/mol. The van der Waals surface area contributed by atoms with Crippen LogP contribution in [0.4, 0.5) is 5.69 Å². The van der Waals surface area contributed by atoms with Gasteiger partial charge in [-0.25, -0.2) is 0 Å². The van der Waals surface area contributed by atoms with Crippen molar-refractivity contribution in [1.29, 1.82) is 0 Å². The van der Waals surface area contributed by atoms with Crippen LogP contribution in [-0.4, -0.2) is 38.4 Å². The summed E-state index contributed by atoms with van der Waals surface area (Å²) in [5.41, 5.74) is 8.77. The Morgan fingerprint density at radius 2 is 1.80 bits per heavy atom. The van der Waals surface area contributed by atoms with Gasteiger partial charge in [0.25, 0.3) is 0 Å². The molecule has 3 rings (SSSR count). The monoisotopic (exact) mass is 339 g/mol. The summed E-state index contributed by atoms with van der Waals surface area (Å²) in [7, 11) is 0. The Morgan fingerprint density at radius 1 is 1.12 bits per heavy atom. The molecule has 0 aromatic heterocycles. The Morgan fingerprint density at radius 3 is 2.44 bits per heavy atom. The van der Waals surface area contributed by atoms with Crippen molar-refractivity contribution in [2.75, 3.05) is 31.2 Å². The Kier molecular flexibility index (Phi) is 5.64. The Bertz CT molecular complexity index is 721. The minimum atomic E-state index is -0.439. The van der Waals surface area contributed by atoms with Crippen molar-refractivity contribution in [3.05, 3.63) is 65.2 Å². The number of rotatable bonds is 6. The number of nitrogens with two attached hydrogens (primary N) is 1. The van der Waals surface area contributed by atoms with Crippen LogP contribution < -0.4 is 10.6 Å². The number of anilines is 1. The number of hydrogen-bond acceptors (Lipinski definition) is 5. The second kappa shape index (κ2) is 8.30. The van der Waals surface area contributed by atoms with E-state index in [9.17, 15) is 4.79 Å². The number of morpholine rings is 1. The SMILES string of the molecule is NC(=O)c1ccc(CON=Cc2ccc(N3CCOCC3)cc2)cc1. The van der Waals surface area contributed by atoms with Crippen LogP contribution in [0.1, 0.15) is 21.5 Å². The van der Waals surface area contributed by atoms with Crippen LogP contribution in [0.5, 0.6) is 0 Å². The summed E-state index contributed by atoms with van der Waals surface area (Å²) in [5, 5.41) is 3.99. The molecule has 2 aromatic carbocycles. The highest BCUT2D eigenvalue weighted by molar-refractivity contribution is 5.92. The largest absolute Gasteiger partial charge is 0.391 e. The van der Waals surface area contributed by atoms with Crippen molar-refractivity contribution in [1.82, 2.24) is 0 Å². The Labute approximate surface area is 146 Å². The van der Waals surface area contributed by atoms with Crippen molar-refractivity contribution < 1.29 is 14.4 Å². The van der Waals surface area contributed by atoms with E-state index in [1.807, 2.05) is 12.1 Å². The third kappa shape index (κ3) is 4.81. The zero-order valence-corrected chi connectivity index (χ0v) is 13.9. The fourth-order valence-corrected chi connectivity index (χ4v) is 2.57. The zero-order chi connectivity index (χ0) is 17.5. The number of carbonyl (C=O) groups is 1. The van der Waals surface area contributed by atoms with Gasteiger partial charge in [-0.15, -0.1) is 0 Å². The topological polar surface area (TPSA) is 77.2 Å². The standard InChI is InChI=1S/C19H21N3O3/c20-19(23)17-5-1-16(2-6-17)14-25-21-13-15-3-7-18(8-4-15)22-9-11-24-12-10-22/h1-8,13H,9-12,14H2,(H2,20,23). The van der Waals surface area contributed by atoms with Crippen molar-refractivity contribution >= 4 is 17.8 Å². The molecule has 6 nitrogen and oxygen atoms in total. The normalized spacial score (nSPS) is 14.6. The lowest BCUT2D eigenvalue weighted by Gasteiger charge is -2.28. The number of amides is 1. The molecular formula is C19H21N3O3. The third-order valence-electron chi connectivity index (χ3n) is 4.02. The van der Waals surface area contributed by atoms with Gasteiger partial charge < -0.3 is 20.2 Å². The molecule has 1 heterocycles. The molecule has 25 heavy (non-hydrogen) atoms. The van der Waals surface area contributed by atoms with Crippen LogP contribution in [0, 0.1) is 0 Å². The Hall–Kier alpha value is -2.86. The molecule has 0 saturated carbocycles. The summed E-state index contributed by atoms with van der Waals surface area (Å²) < 4.78 is 5.36. The maximum absolute atomic E-state index is 11.0. The maximum atomic E-state index is 11.0. The highest BCUT2D eigenvalue weighted by Crippen LogP contribution is 2.16. The van der Waals surface area contributed by atoms with Crippen LogP contribution in [0.2, 0.25) is 0 Å². The quantitative estimate of drug-likeness (QED) is 0.646. The summed E-state index contributed by atoms with van der Waals surface area (Å²) in [6.07, 6.45) is 1.68. The van der Waals surface area contributed by atoms with Gasteiger partial charge in [0.15, 0.2) is 0 Å². The van der Waals surface area contributed by atoms with Crippen LogP contribution in [-0.2, 0) is 16.2 Å². The average Bonchev–Trinajstić information content (AvgIpc) is 2.67. The van der Waals surface area contributed by atoms with Crippen molar-refractivity contribution in [3.63, 3.8) is 0 Å². The molecule has 0 radical (unpaired) electrons. The first-order chi connectivity index (χ1) is 12.2. The average molecular weight is 339 g/mol. The highest BCUT2D eigenvalue weighted by atomic mass is 16.6. The van der Waals surface area contributed by atoms with Gasteiger partial charge in [0, 0.05) is 24.3 Å². The molecular weight excluding hydrogens is 318 g/mol. The van der Waals surface area contributed by atoms with Gasteiger partial charge in [0.1, 0.15) is 6.61 Å². The first-order valence-corrected chi connectivity index (χ1v) is 8.19. The molecule has 6 heteroatoms. The molecule has 1 aliphatic rings. The lowest BCUT2D eigenvalue weighted by Crippen LogP contribution is -2.36. The summed E-state index contributed by atoms with van der Waals surface area (Å²) in [5.74, 6) is -0.439. The van der Waals surface area contributed by atoms with E-state index in [-0.39, 0.29) is 0 Å². The first-order valence-electron chi connectivity index (χ1n) is 8.19. The summed E-state index contributed by atoms with van der Waals surface area (Å²) in [4.78, 5) is 18.6. The number of hydrogen-bond donors (Lipinski definition) is 1. The molecule has 0 unspecified atom stereocenters. The molecule has 2 aromatic rings. The van der Waals surface area contributed by atoms with Crippen molar-refractivity contribution in [2.24, 2.45) is 10.9 Å². The molecule has 0 bridgehead atoms. The molecule has 2 N–H and O–H groups in total. The maximum Gasteiger partial charge on any atom is 0.248 e. The van der Waals surface area contributed by atoms with E-state index in [2.05, 4.69) is 22.2 Å². The summed E-state index contributed by atoms with van der Waals surface area (Å²) in [6.45, 7) is 3.73. The van der Waals surface area contributed by atoms with Gasteiger partial charge in [0.05, 0.1) is 19.4 Å². The van der Waals surface area contributed by atoms with Gasteiger partial charge in [-0.2, -0.15) is 0 Å². The molecule has 1 amide bonds. The van der Waals surface area contributed by atoms with E-state index < -0.39 is 5.91 Å². The third-order valence-corrected chi connectivity index (χ3v) is 4.02. The fourth-order valence-electron chi connectivity index (χ4n) is 2.57. The van der Waals surface area contributed by atoms with Crippen LogP contribution >= 0.6 is 0 Å².